The number of benzene rings is 2. The number of nitrogens with zero attached hydrogens (tertiary/aromatic N) is 1. The summed E-state index contributed by atoms with van der Waals surface area (Å²) >= 11 is 0. The molecule has 0 radical (unpaired) electrons. The molecule has 1 saturated carbocycles. The number of halogens is 1. The second kappa shape index (κ2) is 6.62. The standard InChI is InChI=1S/C17H17N3.ClH/c18-10-12-2-1-3-13(8-12)11-20-15-6-4-14(5-7-15)16-9-17(16)19;/h1-8,16-17,20H,9,11,19H2;1H/t16-,17+;/m0./s1. The van der Waals surface area contributed by atoms with E-state index in [4.69, 9.17) is 11.0 Å². The Hall–Kier alpha value is -2.02. The summed E-state index contributed by atoms with van der Waals surface area (Å²) in [4.78, 5) is 0. The predicted molar refractivity (Wildman–Crippen MR) is 87.5 cm³/mol. The molecule has 2 aromatic rings. The van der Waals surface area contributed by atoms with Crippen molar-refractivity contribution in [1.29, 1.82) is 5.26 Å². The first-order chi connectivity index (χ1) is 9.76. The molecule has 4 heteroatoms. The molecule has 0 saturated heterocycles. The number of anilines is 1. The van der Waals surface area contributed by atoms with Gasteiger partial charge in [-0.1, -0.05) is 24.3 Å². The fourth-order valence-corrected chi connectivity index (χ4v) is 2.40. The number of hydrogen-bond donors (Lipinski definition) is 2. The van der Waals surface area contributed by atoms with Gasteiger partial charge in [-0.2, -0.15) is 5.26 Å². The van der Waals surface area contributed by atoms with Crippen molar-refractivity contribution in [3.05, 3.63) is 65.2 Å². The highest BCUT2D eigenvalue weighted by Crippen LogP contribution is 2.39. The highest BCUT2D eigenvalue weighted by atomic mass is 35.5. The third kappa shape index (κ3) is 3.75. The van der Waals surface area contributed by atoms with Crippen LogP contribution in [0.3, 0.4) is 0 Å². The van der Waals surface area contributed by atoms with Gasteiger partial charge in [0.2, 0.25) is 0 Å². The summed E-state index contributed by atoms with van der Waals surface area (Å²) < 4.78 is 0. The van der Waals surface area contributed by atoms with Crippen LogP contribution in [0.2, 0.25) is 0 Å². The van der Waals surface area contributed by atoms with Gasteiger partial charge in [0.15, 0.2) is 0 Å². The van der Waals surface area contributed by atoms with Crippen LogP contribution in [0.15, 0.2) is 48.5 Å². The van der Waals surface area contributed by atoms with Crippen LogP contribution in [0.4, 0.5) is 5.69 Å². The lowest BCUT2D eigenvalue weighted by Crippen LogP contribution is -2.02. The van der Waals surface area contributed by atoms with E-state index in [0.717, 1.165) is 24.2 Å². The molecular formula is C17H18ClN3. The van der Waals surface area contributed by atoms with Crippen LogP contribution in [-0.2, 0) is 6.54 Å². The van der Waals surface area contributed by atoms with Crippen molar-refractivity contribution in [2.75, 3.05) is 5.32 Å². The van der Waals surface area contributed by atoms with Crippen LogP contribution in [0.25, 0.3) is 0 Å². The highest BCUT2D eigenvalue weighted by molar-refractivity contribution is 5.85. The van der Waals surface area contributed by atoms with E-state index in [1.54, 1.807) is 0 Å². The van der Waals surface area contributed by atoms with Gasteiger partial charge in [-0.25, -0.2) is 0 Å². The molecule has 1 aliphatic carbocycles. The molecule has 2 aromatic carbocycles. The third-order valence-corrected chi connectivity index (χ3v) is 3.73. The van der Waals surface area contributed by atoms with Crippen molar-refractivity contribution >= 4 is 18.1 Å². The Balaban J connectivity index is 0.00000161. The van der Waals surface area contributed by atoms with Gasteiger partial charge in [0, 0.05) is 24.2 Å². The van der Waals surface area contributed by atoms with E-state index in [1.165, 1.54) is 5.56 Å². The Labute approximate surface area is 131 Å². The molecule has 21 heavy (non-hydrogen) atoms. The first kappa shape index (κ1) is 15.4. The second-order valence-electron chi connectivity index (χ2n) is 5.29. The SMILES string of the molecule is Cl.N#Cc1cccc(CNc2ccc([C@@H]3C[C@H]3N)cc2)c1. The van der Waals surface area contributed by atoms with Gasteiger partial charge in [0.1, 0.15) is 0 Å². The first-order valence-electron chi connectivity index (χ1n) is 6.85. The summed E-state index contributed by atoms with van der Waals surface area (Å²) in [6, 6.07) is 18.6. The quantitative estimate of drug-likeness (QED) is 0.909. The lowest BCUT2D eigenvalue weighted by Gasteiger charge is -2.08. The number of nitrogens with one attached hydrogen (secondary N) is 1. The average Bonchev–Trinajstić information content (AvgIpc) is 3.23. The van der Waals surface area contributed by atoms with Crippen LogP contribution in [0.5, 0.6) is 0 Å². The molecule has 0 aromatic heterocycles. The predicted octanol–water partition coefficient (Wildman–Crippen LogP) is 3.41. The van der Waals surface area contributed by atoms with E-state index < -0.39 is 0 Å². The summed E-state index contributed by atoms with van der Waals surface area (Å²) in [5.41, 5.74) is 10.1. The number of nitrogens with two attached hydrogens (primary N) is 1. The highest BCUT2D eigenvalue weighted by Gasteiger charge is 2.34. The molecule has 0 spiro atoms. The van der Waals surface area contributed by atoms with Gasteiger partial charge in [-0.3, -0.25) is 0 Å². The molecule has 108 valence electrons. The topological polar surface area (TPSA) is 61.8 Å². The molecular weight excluding hydrogens is 282 g/mol. The zero-order chi connectivity index (χ0) is 13.9. The molecule has 1 fully saturated rings. The summed E-state index contributed by atoms with van der Waals surface area (Å²) in [5.74, 6) is 0.552. The van der Waals surface area contributed by atoms with Gasteiger partial charge >= 0.3 is 0 Å². The molecule has 3 rings (SSSR count). The Morgan fingerprint density at radius 1 is 1.19 bits per heavy atom. The van der Waals surface area contributed by atoms with E-state index in [0.29, 0.717) is 17.5 Å². The maximum absolute atomic E-state index is 8.88. The minimum atomic E-state index is 0. The van der Waals surface area contributed by atoms with E-state index in [2.05, 4.69) is 35.7 Å². The van der Waals surface area contributed by atoms with Crippen molar-refractivity contribution < 1.29 is 0 Å². The Bertz CT molecular complexity index is 646. The maximum atomic E-state index is 8.88. The molecule has 0 amide bonds. The molecule has 1 aliphatic rings. The van der Waals surface area contributed by atoms with Crippen LogP contribution in [-0.4, -0.2) is 6.04 Å². The van der Waals surface area contributed by atoms with Crippen LogP contribution in [0, 0.1) is 11.3 Å². The molecule has 0 unspecified atom stereocenters. The van der Waals surface area contributed by atoms with Crippen molar-refractivity contribution in [3.8, 4) is 6.07 Å². The van der Waals surface area contributed by atoms with Gasteiger partial charge in [0.05, 0.1) is 11.6 Å². The zero-order valence-electron chi connectivity index (χ0n) is 11.6. The summed E-state index contributed by atoms with van der Waals surface area (Å²) in [5, 5.41) is 12.2. The van der Waals surface area contributed by atoms with E-state index in [1.807, 2.05) is 24.3 Å². The molecule has 2 atom stereocenters. The lowest BCUT2D eigenvalue weighted by molar-refractivity contribution is 0.990. The van der Waals surface area contributed by atoms with Gasteiger partial charge in [-0.05, 0) is 41.8 Å². The summed E-state index contributed by atoms with van der Waals surface area (Å²) in [6.45, 7) is 0.720. The Kier molecular flexibility index (Phi) is 4.85. The normalized spacial score (nSPS) is 19.2. The lowest BCUT2D eigenvalue weighted by atomic mass is 10.1. The molecule has 0 heterocycles. The second-order valence-corrected chi connectivity index (χ2v) is 5.29. The van der Waals surface area contributed by atoms with Crippen molar-refractivity contribution in [1.82, 2.24) is 0 Å². The van der Waals surface area contributed by atoms with Crippen molar-refractivity contribution in [2.24, 2.45) is 5.73 Å². The summed E-state index contributed by atoms with van der Waals surface area (Å²) in [7, 11) is 0. The van der Waals surface area contributed by atoms with E-state index >= 15 is 0 Å². The van der Waals surface area contributed by atoms with Crippen molar-refractivity contribution in [2.45, 2.75) is 24.9 Å². The molecule has 0 bridgehead atoms. The van der Waals surface area contributed by atoms with Crippen molar-refractivity contribution in [3.63, 3.8) is 0 Å². The molecule has 3 nitrogen and oxygen atoms in total. The number of rotatable bonds is 4. The minimum Gasteiger partial charge on any atom is -0.381 e. The fraction of sp³-hybridized carbons (Fsp3) is 0.235. The first-order valence-corrected chi connectivity index (χ1v) is 6.85. The summed E-state index contributed by atoms with van der Waals surface area (Å²) in [6.07, 6.45) is 1.10. The van der Waals surface area contributed by atoms with Gasteiger partial charge < -0.3 is 11.1 Å². The number of hydrogen-bond acceptors (Lipinski definition) is 3. The van der Waals surface area contributed by atoms with Crippen LogP contribution >= 0.6 is 12.4 Å². The van der Waals surface area contributed by atoms with E-state index in [-0.39, 0.29) is 12.4 Å². The number of nitriles is 1. The van der Waals surface area contributed by atoms with Crippen LogP contribution < -0.4 is 11.1 Å². The Morgan fingerprint density at radius 3 is 2.52 bits per heavy atom. The van der Waals surface area contributed by atoms with Crippen LogP contribution in [0.1, 0.15) is 29.0 Å². The smallest absolute Gasteiger partial charge is 0.0991 e. The largest absolute Gasteiger partial charge is 0.381 e. The third-order valence-electron chi connectivity index (χ3n) is 3.73. The zero-order valence-corrected chi connectivity index (χ0v) is 12.4. The minimum absolute atomic E-state index is 0. The monoisotopic (exact) mass is 299 g/mol. The Morgan fingerprint density at radius 2 is 1.90 bits per heavy atom. The average molecular weight is 300 g/mol. The van der Waals surface area contributed by atoms with Gasteiger partial charge in [-0.15, -0.1) is 12.4 Å². The van der Waals surface area contributed by atoms with E-state index in [9.17, 15) is 0 Å². The molecule has 0 aliphatic heterocycles. The van der Waals surface area contributed by atoms with Gasteiger partial charge in [0.25, 0.3) is 0 Å². The fourth-order valence-electron chi connectivity index (χ4n) is 2.40. The molecule has 3 N–H and O–H groups in total. The maximum Gasteiger partial charge on any atom is 0.0991 e.